The van der Waals surface area contributed by atoms with Crippen LogP contribution in [0.1, 0.15) is 16.8 Å². The molecule has 2 aromatic carbocycles. The van der Waals surface area contributed by atoms with E-state index in [1.807, 2.05) is 12.3 Å². The summed E-state index contributed by atoms with van der Waals surface area (Å²) in [7, 11) is 0. The lowest BCUT2D eigenvalue weighted by Gasteiger charge is -2.05. The third kappa shape index (κ3) is 5.52. The van der Waals surface area contributed by atoms with Crippen LogP contribution in [0.5, 0.6) is 5.75 Å². The van der Waals surface area contributed by atoms with Gasteiger partial charge in [-0.25, -0.2) is 4.98 Å². The first-order valence-electron chi connectivity index (χ1n) is 9.26. The van der Waals surface area contributed by atoms with Crippen molar-refractivity contribution >= 4 is 34.6 Å². The minimum atomic E-state index is -2.85. The Balaban J connectivity index is 1.37. The van der Waals surface area contributed by atoms with Crippen molar-refractivity contribution in [3.8, 4) is 5.75 Å². The minimum absolute atomic E-state index is 0.109. The van der Waals surface area contributed by atoms with E-state index in [0.29, 0.717) is 21.9 Å². The third-order valence-electron chi connectivity index (χ3n) is 4.33. The summed E-state index contributed by atoms with van der Waals surface area (Å²) in [5.74, 6) is 1.67. The van der Waals surface area contributed by atoms with Crippen molar-refractivity contribution in [2.24, 2.45) is 0 Å². The minimum Gasteiger partial charge on any atom is -0.435 e. The molecule has 2 heterocycles. The Bertz CT molecular complexity index is 1130. The number of halogens is 2. The van der Waals surface area contributed by atoms with Gasteiger partial charge in [-0.15, -0.1) is 11.8 Å². The predicted molar refractivity (Wildman–Crippen MR) is 117 cm³/mol. The number of thioether (sulfide) groups is 2. The number of imidazole rings is 1. The van der Waals surface area contributed by atoms with Crippen molar-refractivity contribution in [2.75, 3.05) is 0 Å². The molecule has 2 aromatic heterocycles. The van der Waals surface area contributed by atoms with E-state index in [2.05, 4.69) is 56.9 Å². The second-order valence-corrected chi connectivity index (χ2v) is 8.66. The Kier molecular flexibility index (Phi) is 6.54. The molecule has 0 bridgehead atoms. The van der Waals surface area contributed by atoms with Gasteiger partial charge in [-0.1, -0.05) is 41.6 Å². The summed E-state index contributed by atoms with van der Waals surface area (Å²) in [5.41, 5.74) is 4.86. The fraction of sp³-hybridized carbons (Fsp3) is 0.182. The lowest BCUT2D eigenvalue weighted by Crippen LogP contribution is -2.01. The van der Waals surface area contributed by atoms with Crippen LogP contribution < -0.4 is 4.74 Å². The van der Waals surface area contributed by atoms with Crippen molar-refractivity contribution in [1.82, 2.24) is 15.0 Å². The molecule has 1 N–H and O–H groups in total. The molecule has 0 amide bonds. The van der Waals surface area contributed by atoms with Gasteiger partial charge in [-0.05, 0) is 36.8 Å². The number of nitrogens with one attached hydrogen (secondary N) is 1. The Morgan fingerprint density at radius 1 is 1.00 bits per heavy atom. The number of aryl methyl sites for hydroxylation is 1. The van der Waals surface area contributed by atoms with Gasteiger partial charge in [0.1, 0.15) is 5.75 Å². The number of pyridine rings is 1. The van der Waals surface area contributed by atoms with Crippen LogP contribution in [0.25, 0.3) is 11.0 Å². The molecule has 0 saturated carbocycles. The Labute approximate surface area is 181 Å². The standard InChI is InChI=1S/C22H19F2N3OS2/c1-14-2-4-15(5-3-14)12-29-18-8-9-25-16(10-18)13-30-22-26-19-7-6-17(28-21(23)24)11-20(19)27-22/h2-11,21H,12-13H2,1H3,(H,26,27). The monoisotopic (exact) mass is 443 g/mol. The van der Waals surface area contributed by atoms with E-state index in [4.69, 9.17) is 0 Å². The van der Waals surface area contributed by atoms with Crippen molar-refractivity contribution in [2.45, 2.75) is 35.1 Å². The second kappa shape index (κ2) is 9.49. The normalized spacial score (nSPS) is 11.3. The Morgan fingerprint density at radius 2 is 1.83 bits per heavy atom. The van der Waals surface area contributed by atoms with E-state index in [0.717, 1.165) is 11.4 Å². The molecule has 30 heavy (non-hydrogen) atoms. The summed E-state index contributed by atoms with van der Waals surface area (Å²) in [4.78, 5) is 13.2. The lowest BCUT2D eigenvalue weighted by atomic mass is 10.2. The number of H-pyrrole nitrogens is 1. The summed E-state index contributed by atoms with van der Waals surface area (Å²) in [6.07, 6.45) is 1.82. The van der Waals surface area contributed by atoms with E-state index >= 15 is 0 Å². The molecule has 154 valence electrons. The average molecular weight is 444 g/mol. The maximum absolute atomic E-state index is 12.4. The average Bonchev–Trinajstić information content (AvgIpc) is 3.14. The summed E-state index contributed by atoms with van der Waals surface area (Å²) in [5, 5.41) is 0.707. The zero-order valence-electron chi connectivity index (χ0n) is 16.1. The van der Waals surface area contributed by atoms with Crippen molar-refractivity contribution in [3.63, 3.8) is 0 Å². The number of ether oxygens (including phenoxy) is 1. The molecule has 0 radical (unpaired) electrons. The number of alkyl halides is 2. The van der Waals surface area contributed by atoms with Gasteiger partial charge in [-0.2, -0.15) is 8.78 Å². The zero-order chi connectivity index (χ0) is 20.9. The molecular weight excluding hydrogens is 424 g/mol. The second-order valence-electron chi connectivity index (χ2n) is 6.65. The highest BCUT2D eigenvalue weighted by Crippen LogP contribution is 2.28. The molecule has 4 nitrogen and oxygen atoms in total. The molecule has 0 atom stereocenters. The fourth-order valence-electron chi connectivity index (χ4n) is 2.83. The van der Waals surface area contributed by atoms with E-state index in [1.165, 1.54) is 39.9 Å². The molecule has 0 aliphatic heterocycles. The number of aromatic nitrogens is 3. The van der Waals surface area contributed by atoms with Gasteiger partial charge in [-0.3, -0.25) is 4.98 Å². The Hall–Kier alpha value is -2.58. The third-order valence-corrected chi connectivity index (χ3v) is 6.30. The molecule has 8 heteroatoms. The maximum Gasteiger partial charge on any atom is 0.387 e. The smallest absolute Gasteiger partial charge is 0.387 e. The fourth-order valence-corrected chi connectivity index (χ4v) is 4.52. The van der Waals surface area contributed by atoms with Gasteiger partial charge in [0.2, 0.25) is 0 Å². The topological polar surface area (TPSA) is 50.8 Å². The van der Waals surface area contributed by atoms with Crippen molar-refractivity contribution < 1.29 is 13.5 Å². The van der Waals surface area contributed by atoms with Gasteiger partial charge in [0.25, 0.3) is 0 Å². The number of hydrogen-bond acceptors (Lipinski definition) is 5. The van der Waals surface area contributed by atoms with E-state index in [1.54, 1.807) is 17.8 Å². The van der Waals surface area contributed by atoms with E-state index in [9.17, 15) is 8.78 Å². The zero-order valence-corrected chi connectivity index (χ0v) is 17.8. The van der Waals surface area contributed by atoms with Crippen LogP contribution in [-0.4, -0.2) is 21.6 Å². The molecule has 0 fully saturated rings. The lowest BCUT2D eigenvalue weighted by molar-refractivity contribution is -0.0497. The predicted octanol–water partition coefficient (Wildman–Crippen LogP) is 6.45. The van der Waals surface area contributed by atoms with Gasteiger partial charge < -0.3 is 9.72 Å². The number of nitrogens with zero attached hydrogens (tertiary/aromatic N) is 2. The highest BCUT2D eigenvalue weighted by Gasteiger charge is 2.09. The molecule has 0 aliphatic rings. The molecular formula is C22H19F2N3OS2. The maximum atomic E-state index is 12.4. The van der Waals surface area contributed by atoms with Crippen LogP contribution >= 0.6 is 23.5 Å². The van der Waals surface area contributed by atoms with Crippen LogP contribution in [0.2, 0.25) is 0 Å². The number of hydrogen-bond donors (Lipinski definition) is 1. The first-order valence-corrected chi connectivity index (χ1v) is 11.2. The van der Waals surface area contributed by atoms with Crippen LogP contribution in [0.4, 0.5) is 8.78 Å². The van der Waals surface area contributed by atoms with Crippen LogP contribution in [0, 0.1) is 6.92 Å². The Morgan fingerprint density at radius 3 is 2.63 bits per heavy atom. The van der Waals surface area contributed by atoms with Gasteiger partial charge in [0.05, 0.1) is 16.7 Å². The first-order chi connectivity index (χ1) is 14.5. The summed E-state index contributed by atoms with van der Waals surface area (Å²) in [6.45, 7) is -0.761. The molecule has 4 rings (SSSR count). The number of aromatic amines is 1. The number of benzene rings is 2. The summed E-state index contributed by atoms with van der Waals surface area (Å²) >= 11 is 3.29. The molecule has 0 unspecified atom stereocenters. The van der Waals surface area contributed by atoms with Crippen LogP contribution in [0.3, 0.4) is 0 Å². The van der Waals surface area contributed by atoms with Crippen molar-refractivity contribution in [3.05, 3.63) is 77.6 Å². The van der Waals surface area contributed by atoms with Gasteiger partial charge in [0, 0.05) is 28.7 Å². The number of fused-ring (bicyclic) bond motifs is 1. The molecule has 4 aromatic rings. The molecule has 0 spiro atoms. The van der Waals surface area contributed by atoms with Crippen LogP contribution in [0.15, 0.2) is 70.8 Å². The highest BCUT2D eigenvalue weighted by molar-refractivity contribution is 7.98. The largest absolute Gasteiger partial charge is 0.435 e. The summed E-state index contributed by atoms with van der Waals surface area (Å²) < 4.78 is 29.2. The van der Waals surface area contributed by atoms with Gasteiger partial charge in [0.15, 0.2) is 5.16 Å². The summed E-state index contributed by atoms with van der Waals surface area (Å²) in [6, 6.07) is 17.3. The van der Waals surface area contributed by atoms with E-state index in [-0.39, 0.29) is 5.75 Å². The molecule has 0 saturated heterocycles. The highest BCUT2D eigenvalue weighted by atomic mass is 32.2. The van der Waals surface area contributed by atoms with E-state index < -0.39 is 6.61 Å². The first kappa shape index (κ1) is 20.7. The quantitative estimate of drug-likeness (QED) is 0.317. The van der Waals surface area contributed by atoms with Gasteiger partial charge >= 0.3 is 6.61 Å². The number of rotatable bonds is 8. The van der Waals surface area contributed by atoms with Crippen molar-refractivity contribution in [1.29, 1.82) is 0 Å². The molecule has 0 aliphatic carbocycles. The SMILES string of the molecule is Cc1ccc(CSc2ccnc(CSc3nc4ccc(OC(F)F)cc4[nH]3)c2)cc1. The van der Waals surface area contributed by atoms with Crippen LogP contribution in [-0.2, 0) is 11.5 Å².